The maximum atomic E-state index is 11.9. The second kappa shape index (κ2) is 5.15. The van der Waals surface area contributed by atoms with Crippen LogP contribution in [-0.4, -0.2) is 11.6 Å². The fourth-order valence-corrected chi connectivity index (χ4v) is 1.44. The van der Waals surface area contributed by atoms with Crippen molar-refractivity contribution >= 4 is 11.5 Å². The third-order valence-corrected chi connectivity index (χ3v) is 2.21. The van der Waals surface area contributed by atoms with Gasteiger partial charge in [0.15, 0.2) is 0 Å². The Morgan fingerprint density at radius 3 is 2.47 bits per heavy atom. The Morgan fingerprint density at radius 1 is 1.35 bits per heavy atom. The molecule has 0 saturated heterocycles. The molecular weight excluding hydrogens is 214 g/mol. The van der Waals surface area contributed by atoms with Gasteiger partial charge in [-0.3, -0.25) is 0 Å². The summed E-state index contributed by atoms with van der Waals surface area (Å²) in [7, 11) is 0. The van der Waals surface area contributed by atoms with Crippen molar-refractivity contribution in [3.8, 4) is 0 Å². The van der Waals surface area contributed by atoms with Crippen molar-refractivity contribution < 1.29 is 9.53 Å². The van der Waals surface area contributed by atoms with Gasteiger partial charge in [-0.2, -0.15) is 0 Å². The van der Waals surface area contributed by atoms with Gasteiger partial charge in [0.05, 0.1) is 5.57 Å². The van der Waals surface area contributed by atoms with Crippen LogP contribution in [0.4, 0.5) is 0 Å². The molecule has 2 N–H and O–H groups in total. The third-order valence-electron chi connectivity index (χ3n) is 2.21. The minimum atomic E-state index is -0.516. The first-order valence-electron chi connectivity index (χ1n) is 5.56. The molecule has 1 rings (SSSR count). The molecule has 0 aromatic heterocycles. The molecule has 1 aromatic carbocycles. The number of hydrogen-bond acceptors (Lipinski definition) is 3. The van der Waals surface area contributed by atoms with Crippen molar-refractivity contribution in [2.24, 2.45) is 5.73 Å². The Bertz CT molecular complexity index is 430. The summed E-state index contributed by atoms with van der Waals surface area (Å²) in [5.74, 6) is -0.404. The van der Waals surface area contributed by atoms with E-state index in [2.05, 4.69) is 6.58 Å². The number of carbonyl (C=O) groups is 1. The van der Waals surface area contributed by atoms with Gasteiger partial charge in [-0.1, -0.05) is 30.8 Å². The molecule has 0 saturated carbocycles. The zero-order chi connectivity index (χ0) is 13.1. The van der Waals surface area contributed by atoms with Gasteiger partial charge in [0.1, 0.15) is 5.60 Å². The van der Waals surface area contributed by atoms with Crippen LogP contribution >= 0.6 is 0 Å². The van der Waals surface area contributed by atoms with Crippen molar-refractivity contribution in [2.45, 2.75) is 32.9 Å². The highest BCUT2D eigenvalue weighted by atomic mass is 16.6. The molecule has 3 nitrogen and oxygen atoms in total. The second-order valence-corrected chi connectivity index (χ2v) is 4.84. The van der Waals surface area contributed by atoms with Gasteiger partial charge in [0.2, 0.25) is 0 Å². The number of nitrogens with two attached hydrogens (primary N) is 1. The fraction of sp³-hybridized carbons (Fsp3) is 0.357. The molecule has 0 aliphatic heterocycles. The van der Waals surface area contributed by atoms with Crippen molar-refractivity contribution in [1.82, 2.24) is 0 Å². The molecule has 1 aromatic rings. The highest BCUT2D eigenvalue weighted by Gasteiger charge is 2.20. The van der Waals surface area contributed by atoms with Crippen molar-refractivity contribution in [3.05, 3.63) is 42.0 Å². The Labute approximate surface area is 102 Å². The Morgan fingerprint density at radius 2 is 1.94 bits per heavy atom. The standard InChI is InChI=1S/C14H19NO2/c1-10(13(16)17-14(2,3)4)12-8-6-5-7-11(12)9-15/h5-8H,1,9,15H2,2-4H3. The van der Waals surface area contributed by atoms with Crippen molar-refractivity contribution in [2.75, 3.05) is 0 Å². The lowest BCUT2D eigenvalue weighted by Gasteiger charge is -2.20. The Hall–Kier alpha value is -1.61. The summed E-state index contributed by atoms with van der Waals surface area (Å²) in [6.45, 7) is 9.64. The highest BCUT2D eigenvalue weighted by molar-refractivity contribution is 6.16. The molecule has 0 heterocycles. The lowest BCUT2D eigenvalue weighted by atomic mass is 10.0. The predicted molar refractivity (Wildman–Crippen MR) is 69.2 cm³/mol. The molecule has 0 bridgehead atoms. The van der Waals surface area contributed by atoms with Crippen LogP contribution in [0.15, 0.2) is 30.8 Å². The number of ether oxygens (including phenoxy) is 1. The first-order valence-corrected chi connectivity index (χ1v) is 5.56. The van der Waals surface area contributed by atoms with Crippen LogP contribution in [-0.2, 0) is 16.1 Å². The number of esters is 1. The molecule has 92 valence electrons. The van der Waals surface area contributed by atoms with Crippen LogP contribution in [0.25, 0.3) is 5.57 Å². The molecule has 0 amide bonds. The van der Waals surface area contributed by atoms with Gasteiger partial charge in [-0.15, -0.1) is 0 Å². The van der Waals surface area contributed by atoms with Gasteiger partial charge >= 0.3 is 5.97 Å². The SMILES string of the molecule is C=C(C(=O)OC(C)(C)C)c1ccccc1CN. The second-order valence-electron chi connectivity index (χ2n) is 4.84. The molecule has 0 aliphatic carbocycles. The molecule has 0 radical (unpaired) electrons. The lowest BCUT2D eigenvalue weighted by molar-refractivity contribution is -0.147. The molecule has 17 heavy (non-hydrogen) atoms. The van der Waals surface area contributed by atoms with E-state index in [-0.39, 0.29) is 0 Å². The van der Waals surface area contributed by atoms with Crippen molar-refractivity contribution in [3.63, 3.8) is 0 Å². The van der Waals surface area contributed by atoms with E-state index >= 15 is 0 Å². The molecule has 0 fully saturated rings. The van der Waals surface area contributed by atoms with Crippen LogP contribution < -0.4 is 5.73 Å². The minimum absolute atomic E-state index is 0.348. The molecule has 0 unspecified atom stereocenters. The lowest BCUT2D eigenvalue weighted by Crippen LogP contribution is -2.24. The molecule has 0 spiro atoms. The topological polar surface area (TPSA) is 52.3 Å². The van der Waals surface area contributed by atoms with Gasteiger partial charge in [-0.05, 0) is 31.9 Å². The quantitative estimate of drug-likeness (QED) is 0.644. The largest absolute Gasteiger partial charge is 0.456 e. The summed E-state index contributed by atoms with van der Waals surface area (Å²) in [5.41, 5.74) is 7.10. The zero-order valence-corrected chi connectivity index (χ0v) is 10.6. The number of rotatable bonds is 3. The number of benzene rings is 1. The van der Waals surface area contributed by atoms with E-state index in [1.807, 2.05) is 45.0 Å². The van der Waals surface area contributed by atoms with Gasteiger partial charge in [-0.25, -0.2) is 4.79 Å². The molecule has 3 heteroatoms. The first-order chi connectivity index (χ1) is 7.85. The smallest absolute Gasteiger partial charge is 0.338 e. The maximum Gasteiger partial charge on any atom is 0.338 e. The van der Waals surface area contributed by atoms with Crippen LogP contribution in [0.3, 0.4) is 0 Å². The molecular formula is C14H19NO2. The van der Waals surface area contributed by atoms with Crippen LogP contribution in [0.2, 0.25) is 0 Å². The summed E-state index contributed by atoms with van der Waals surface area (Å²) < 4.78 is 5.27. The van der Waals surface area contributed by atoms with Crippen molar-refractivity contribution in [1.29, 1.82) is 0 Å². The number of hydrogen-bond donors (Lipinski definition) is 1. The third kappa shape index (κ3) is 3.71. The molecule has 0 aliphatic rings. The minimum Gasteiger partial charge on any atom is -0.456 e. The van der Waals surface area contributed by atoms with Crippen LogP contribution in [0, 0.1) is 0 Å². The Balaban J connectivity index is 2.93. The summed E-state index contributed by atoms with van der Waals surface area (Å²) in [6.07, 6.45) is 0. The normalized spacial score (nSPS) is 11.1. The van der Waals surface area contributed by atoms with Gasteiger partial charge < -0.3 is 10.5 Å². The monoisotopic (exact) mass is 233 g/mol. The average molecular weight is 233 g/mol. The fourth-order valence-electron chi connectivity index (χ4n) is 1.44. The van der Waals surface area contributed by atoms with E-state index in [0.717, 1.165) is 11.1 Å². The summed E-state index contributed by atoms with van der Waals surface area (Å²) >= 11 is 0. The van der Waals surface area contributed by atoms with E-state index in [9.17, 15) is 4.79 Å². The van der Waals surface area contributed by atoms with E-state index in [0.29, 0.717) is 12.1 Å². The highest BCUT2D eigenvalue weighted by Crippen LogP contribution is 2.21. The van der Waals surface area contributed by atoms with E-state index in [4.69, 9.17) is 10.5 Å². The predicted octanol–water partition coefficient (Wildman–Crippen LogP) is 2.50. The average Bonchev–Trinajstić information content (AvgIpc) is 2.25. The molecule has 0 atom stereocenters. The van der Waals surface area contributed by atoms with Crippen LogP contribution in [0.5, 0.6) is 0 Å². The van der Waals surface area contributed by atoms with Gasteiger partial charge in [0.25, 0.3) is 0 Å². The zero-order valence-electron chi connectivity index (χ0n) is 10.6. The number of carbonyl (C=O) groups excluding carboxylic acids is 1. The first kappa shape index (κ1) is 13.5. The van der Waals surface area contributed by atoms with E-state index in [1.165, 1.54) is 0 Å². The maximum absolute atomic E-state index is 11.9. The summed E-state index contributed by atoms with van der Waals surface area (Å²) in [6, 6.07) is 7.44. The summed E-state index contributed by atoms with van der Waals surface area (Å²) in [4.78, 5) is 11.9. The van der Waals surface area contributed by atoms with E-state index in [1.54, 1.807) is 0 Å². The Kier molecular flexibility index (Phi) is 4.07. The van der Waals surface area contributed by atoms with Crippen LogP contribution in [0.1, 0.15) is 31.9 Å². The van der Waals surface area contributed by atoms with E-state index < -0.39 is 11.6 Å². The summed E-state index contributed by atoms with van der Waals surface area (Å²) in [5, 5.41) is 0. The van der Waals surface area contributed by atoms with Gasteiger partial charge in [0, 0.05) is 6.54 Å².